The zero-order chi connectivity index (χ0) is 21.1. The van der Waals surface area contributed by atoms with E-state index in [1.807, 2.05) is 17.7 Å². The summed E-state index contributed by atoms with van der Waals surface area (Å²) in [6.07, 6.45) is 8.23. The maximum atomic E-state index is 13.9. The van der Waals surface area contributed by atoms with Crippen molar-refractivity contribution in [2.24, 2.45) is 5.11 Å². The number of aromatic nitrogens is 4. The van der Waals surface area contributed by atoms with E-state index >= 15 is 0 Å². The fourth-order valence-corrected chi connectivity index (χ4v) is 3.36. The number of rotatable bonds is 7. The highest BCUT2D eigenvalue weighted by Crippen LogP contribution is 2.36. The molecular formula is C20H19FN8O. The molecule has 3 aromatic heterocycles. The average molecular weight is 406 g/mol. The summed E-state index contributed by atoms with van der Waals surface area (Å²) in [6, 6.07) is 5.92. The first-order valence-electron chi connectivity index (χ1n) is 9.22. The topological polar surface area (TPSA) is 131 Å². The molecule has 4 rings (SSSR count). The van der Waals surface area contributed by atoms with Crippen molar-refractivity contribution in [2.75, 3.05) is 11.1 Å². The monoisotopic (exact) mass is 406 g/mol. The molecule has 0 saturated heterocycles. The normalized spacial score (nSPS) is 12.8. The highest BCUT2D eigenvalue weighted by molar-refractivity contribution is 5.99. The molecule has 0 radical (unpaired) electrons. The summed E-state index contributed by atoms with van der Waals surface area (Å²) in [5, 5.41) is 7.19. The largest absolute Gasteiger partial charge is 0.443 e. The van der Waals surface area contributed by atoms with E-state index in [1.165, 1.54) is 25.0 Å². The number of nitrogens with two attached hydrogens (primary N) is 1. The molecule has 152 valence electrons. The molecule has 0 bridgehead atoms. The van der Waals surface area contributed by atoms with Crippen LogP contribution in [0.25, 0.3) is 22.4 Å². The van der Waals surface area contributed by atoms with Crippen LogP contribution in [0.2, 0.25) is 0 Å². The number of benzene rings is 1. The van der Waals surface area contributed by atoms with Gasteiger partial charge in [-0.3, -0.25) is 0 Å². The minimum absolute atomic E-state index is 0.291. The lowest BCUT2D eigenvalue weighted by Gasteiger charge is -2.18. The van der Waals surface area contributed by atoms with Gasteiger partial charge in [-0.2, -0.15) is 5.11 Å². The van der Waals surface area contributed by atoms with Crippen LogP contribution in [0.5, 0.6) is 0 Å². The Hall–Kier alpha value is -4.08. The SMILES string of the molecule is CCC(/C(=C/Nc1ccccc1F)N=N)n1cc(-c2cnco2)c2c(N)ncnc21. The first-order chi connectivity index (χ1) is 14.6. The van der Waals surface area contributed by atoms with Gasteiger partial charge < -0.3 is 20.0 Å². The fraction of sp³-hybridized carbons (Fsp3) is 0.150. The number of anilines is 2. The number of nitrogens with zero attached hydrogens (tertiary/aromatic N) is 5. The van der Waals surface area contributed by atoms with Gasteiger partial charge in [0.2, 0.25) is 0 Å². The minimum atomic E-state index is -0.398. The van der Waals surface area contributed by atoms with Gasteiger partial charge in [0, 0.05) is 18.0 Å². The van der Waals surface area contributed by atoms with E-state index in [9.17, 15) is 4.39 Å². The second kappa shape index (κ2) is 8.11. The van der Waals surface area contributed by atoms with Crippen molar-refractivity contribution in [1.82, 2.24) is 19.5 Å². The molecule has 1 atom stereocenters. The summed E-state index contributed by atoms with van der Waals surface area (Å²) in [4.78, 5) is 12.4. The first kappa shape index (κ1) is 19.2. The van der Waals surface area contributed by atoms with Crippen molar-refractivity contribution < 1.29 is 8.81 Å². The van der Waals surface area contributed by atoms with Crippen LogP contribution in [0.15, 0.2) is 70.8 Å². The lowest BCUT2D eigenvalue weighted by molar-refractivity contribution is 0.552. The van der Waals surface area contributed by atoms with Gasteiger partial charge in [0.1, 0.15) is 29.3 Å². The van der Waals surface area contributed by atoms with Gasteiger partial charge in [-0.15, -0.1) is 0 Å². The lowest BCUT2D eigenvalue weighted by Crippen LogP contribution is -2.11. The third-order valence-electron chi connectivity index (χ3n) is 4.78. The quantitative estimate of drug-likeness (QED) is 0.380. The molecule has 4 N–H and O–H groups in total. The van der Waals surface area contributed by atoms with Crippen LogP contribution in [-0.2, 0) is 0 Å². The Morgan fingerprint density at radius 3 is 2.93 bits per heavy atom. The Morgan fingerprint density at radius 1 is 1.40 bits per heavy atom. The molecule has 30 heavy (non-hydrogen) atoms. The van der Waals surface area contributed by atoms with Gasteiger partial charge in [-0.1, -0.05) is 19.1 Å². The molecule has 0 aliphatic rings. The zero-order valence-electron chi connectivity index (χ0n) is 16.1. The molecule has 0 fully saturated rings. The summed E-state index contributed by atoms with van der Waals surface area (Å²) in [6.45, 7) is 1.96. The molecule has 0 aliphatic heterocycles. The predicted octanol–water partition coefficient (Wildman–Crippen LogP) is 4.74. The molecule has 10 heteroatoms. The lowest BCUT2D eigenvalue weighted by atomic mass is 10.1. The first-order valence-corrected chi connectivity index (χ1v) is 9.22. The summed E-state index contributed by atoms with van der Waals surface area (Å²) in [7, 11) is 0. The zero-order valence-corrected chi connectivity index (χ0v) is 16.1. The van der Waals surface area contributed by atoms with Gasteiger partial charge in [-0.25, -0.2) is 24.9 Å². The molecule has 0 spiro atoms. The number of para-hydroxylation sites is 1. The van der Waals surface area contributed by atoms with Crippen molar-refractivity contribution >= 4 is 22.5 Å². The third-order valence-corrected chi connectivity index (χ3v) is 4.78. The second-order valence-corrected chi connectivity index (χ2v) is 6.50. The van der Waals surface area contributed by atoms with Crippen LogP contribution in [0.4, 0.5) is 15.9 Å². The van der Waals surface area contributed by atoms with E-state index in [1.54, 1.807) is 24.4 Å². The van der Waals surface area contributed by atoms with Crippen molar-refractivity contribution in [2.45, 2.75) is 19.4 Å². The number of nitrogens with one attached hydrogen (secondary N) is 2. The Kier molecular flexibility index (Phi) is 5.21. The fourth-order valence-electron chi connectivity index (χ4n) is 3.36. The molecule has 0 saturated carbocycles. The maximum absolute atomic E-state index is 13.9. The smallest absolute Gasteiger partial charge is 0.181 e. The van der Waals surface area contributed by atoms with E-state index in [0.717, 1.165) is 0 Å². The molecule has 1 unspecified atom stereocenters. The van der Waals surface area contributed by atoms with Crippen LogP contribution in [0.1, 0.15) is 19.4 Å². The van der Waals surface area contributed by atoms with Gasteiger partial charge in [0.15, 0.2) is 12.2 Å². The Morgan fingerprint density at radius 2 is 2.23 bits per heavy atom. The van der Waals surface area contributed by atoms with Crippen LogP contribution in [-0.4, -0.2) is 19.5 Å². The van der Waals surface area contributed by atoms with E-state index < -0.39 is 5.82 Å². The van der Waals surface area contributed by atoms with E-state index in [4.69, 9.17) is 15.7 Å². The Labute approximate surface area is 171 Å². The Bertz CT molecular complexity index is 1220. The summed E-state index contributed by atoms with van der Waals surface area (Å²) < 4.78 is 21.3. The second-order valence-electron chi connectivity index (χ2n) is 6.50. The van der Waals surface area contributed by atoms with Gasteiger partial charge >= 0.3 is 0 Å². The van der Waals surface area contributed by atoms with E-state index in [-0.39, 0.29) is 6.04 Å². The Balaban J connectivity index is 1.81. The minimum Gasteiger partial charge on any atom is -0.443 e. The number of hydrogen-bond acceptors (Lipinski definition) is 8. The average Bonchev–Trinajstić information content (AvgIpc) is 3.41. The van der Waals surface area contributed by atoms with E-state index in [2.05, 4.69) is 25.4 Å². The van der Waals surface area contributed by atoms with Crippen LogP contribution < -0.4 is 11.1 Å². The molecular weight excluding hydrogens is 387 g/mol. The van der Waals surface area contributed by atoms with Crippen LogP contribution in [0.3, 0.4) is 0 Å². The molecule has 4 aromatic rings. The summed E-state index contributed by atoms with van der Waals surface area (Å²) in [5.41, 5.74) is 15.7. The highest BCUT2D eigenvalue weighted by Gasteiger charge is 2.23. The highest BCUT2D eigenvalue weighted by atomic mass is 19.1. The van der Waals surface area contributed by atoms with Crippen LogP contribution >= 0.6 is 0 Å². The molecule has 0 aliphatic carbocycles. The number of nitrogen functional groups attached to an aromatic ring is 1. The number of oxazole rings is 1. The molecule has 3 heterocycles. The van der Waals surface area contributed by atoms with Gasteiger partial charge in [0.05, 0.1) is 23.3 Å². The summed E-state index contributed by atoms with van der Waals surface area (Å²) >= 11 is 0. The predicted molar refractivity (Wildman–Crippen MR) is 110 cm³/mol. The van der Waals surface area contributed by atoms with Crippen molar-refractivity contribution in [3.63, 3.8) is 0 Å². The third kappa shape index (κ3) is 3.39. The number of allylic oxidation sites excluding steroid dienone is 1. The van der Waals surface area contributed by atoms with Gasteiger partial charge in [-0.05, 0) is 18.6 Å². The standard InChI is InChI=1S/C20H19FN8O/c1-2-16(15(28-23)7-25-14-6-4-3-5-13(14)21)29-9-12(17-8-24-11-30-17)18-19(22)26-10-27-20(18)29/h3-11,16,23,25H,2H2,1H3,(H2,22,26,27)/b15-7-,28-23?. The summed E-state index contributed by atoms with van der Waals surface area (Å²) in [5.74, 6) is 0.427. The van der Waals surface area contributed by atoms with Crippen LogP contribution in [0, 0.1) is 11.3 Å². The molecule has 9 nitrogen and oxygen atoms in total. The molecule has 0 amide bonds. The number of fused-ring (bicyclic) bond motifs is 1. The number of hydrogen-bond donors (Lipinski definition) is 3. The molecule has 1 aromatic carbocycles. The van der Waals surface area contributed by atoms with Gasteiger partial charge in [0.25, 0.3) is 0 Å². The van der Waals surface area contributed by atoms with Crippen molar-refractivity contribution in [3.8, 4) is 11.3 Å². The number of halogens is 1. The van der Waals surface area contributed by atoms with E-state index in [0.29, 0.717) is 46.0 Å². The maximum Gasteiger partial charge on any atom is 0.181 e. The van der Waals surface area contributed by atoms with Crippen molar-refractivity contribution in [3.05, 3.63) is 67.1 Å². The van der Waals surface area contributed by atoms with Crippen molar-refractivity contribution in [1.29, 1.82) is 5.53 Å².